The van der Waals surface area contributed by atoms with E-state index in [0.717, 1.165) is 11.8 Å². The van der Waals surface area contributed by atoms with Crippen LogP contribution in [0.1, 0.15) is 5.56 Å². The number of nitrogens with zero attached hydrogens (tertiary/aromatic N) is 2. The van der Waals surface area contributed by atoms with E-state index in [-0.39, 0.29) is 16.5 Å². The van der Waals surface area contributed by atoms with Gasteiger partial charge in [-0.2, -0.15) is 4.98 Å². The SMILES string of the molecule is Cc1c(O)nc(SCC(N)=O)n(-c2ccc(F)cc2)c1=O. The first-order valence-corrected chi connectivity index (χ1v) is 6.88. The number of hydrogen-bond donors (Lipinski definition) is 2. The van der Waals surface area contributed by atoms with Crippen molar-refractivity contribution < 1.29 is 14.3 Å². The Kier molecular flexibility index (Phi) is 4.27. The average molecular weight is 309 g/mol. The van der Waals surface area contributed by atoms with Gasteiger partial charge in [0.1, 0.15) is 5.82 Å². The fourth-order valence-corrected chi connectivity index (χ4v) is 2.36. The molecule has 3 N–H and O–H groups in total. The number of aromatic nitrogens is 2. The van der Waals surface area contributed by atoms with E-state index in [9.17, 15) is 19.1 Å². The Bertz CT molecular complexity index is 744. The zero-order chi connectivity index (χ0) is 15.6. The Morgan fingerprint density at radius 1 is 1.43 bits per heavy atom. The molecule has 6 nitrogen and oxygen atoms in total. The highest BCUT2D eigenvalue weighted by atomic mass is 32.2. The van der Waals surface area contributed by atoms with Gasteiger partial charge in [-0.15, -0.1) is 0 Å². The quantitative estimate of drug-likeness (QED) is 0.647. The van der Waals surface area contributed by atoms with Gasteiger partial charge in [-0.25, -0.2) is 4.39 Å². The van der Waals surface area contributed by atoms with Crippen molar-refractivity contribution in [2.75, 3.05) is 5.75 Å². The summed E-state index contributed by atoms with van der Waals surface area (Å²) < 4.78 is 14.2. The van der Waals surface area contributed by atoms with E-state index in [1.54, 1.807) is 0 Å². The summed E-state index contributed by atoms with van der Waals surface area (Å²) in [5.74, 6) is -1.54. The van der Waals surface area contributed by atoms with Gasteiger partial charge in [0, 0.05) is 0 Å². The Balaban J connectivity index is 2.61. The second-order valence-electron chi connectivity index (χ2n) is 4.21. The Hall–Kier alpha value is -2.35. The van der Waals surface area contributed by atoms with Crippen LogP contribution in [-0.4, -0.2) is 26.3 Å². The number of rotatable bonds is 4. The molecule has 1 aromatic carbocycles. The van der Waals surface area contributed by atoms with E-state index in [2.05, 4.69) is 4.98 Å². The molecule has 2 aromatic rings. The molecule has 8 heteroatoms. The Labute approximate surface area is 123 Å². The van der Waals surface area contributed by atoms with Gasteiger partial charge < -0.3 is 10.8 Å². The van der Waals surface area contributed by atoms with E-state index < -0.39 is 23.2 Å². The van der Waals surface area contributed by atoms with Crippen molar-refractivity contribution >= 4 is 17.7 Å². The van der Waals surface area contributed by atoms with Crippen LogP contribution in [0.4, 0.5) is 4.39 Å². The van der Waals surface area contributed by atoms with Crippen LogP contribution in [0.25, 0.3) is 5.69 Å². The topological polar surface area (TPSA) is 98.2 Å². The third kappa shape index (κ3) is 3.22. The van der Waals surface area contributed by atoms with Crippen molar-refractivity contribution in [2.24, 2.45) is 5.73 Å². The molecular weight excluding hydrogens is 297 g/mol. The van der Waals surface area contributed by atoms with Crippen molar-refractivity contribution in [3.8, 4) is 11.6 Å². The highest BCUT2D eigenvalue weighted by molar-refractivity contribution is 7.99. The summed E-state index contributed by atoms with van der Waals surface area (Å²) in [5.41, 5.74) is 5.01. The van der Waals surface area contributed by atoms with Gasteiger partial charge in [0.25, 0.3) is 5.56 Å². The predicted octanol–water partition coefficient (Wildman–Crippen LogP) is 0.963. The molecule has 110 valence electrons. The molecule has 21 heavy (non-hydrogen) atoms. The molecule has 0 unspecified atom stereocenters. The average Bonchev–Trinajstić information content (AvgIpc) is 2.44. The fraction of sp³-hybridized carbons (Fsp3) is 0.154. The van der Waals surface area contributed by atoms with Crippen LogP contribution in [-0.2, 0) is 4.79 Å². The van der Waals surface area contributed by atoms with Crippen LogP contribution in [0, 0.1) is 12.7 Å². The third-order valence-corrected chi connectivity index (χ3v) is 3.64. The first-order chi connectivity index (χ1) is 9.90. The van der Waals surface area contributed by atoms with Crippen LogP contribution < -0.4 is 11.3 Å². The zero-order valence-electron chi connectivity index (χ0n) is 11.0. The van der Waals surface area contributed by atoms with E-state index in [1.807, 2.05) is 0 Å². The van der Waals surface area contributed by atoms with Crippen LogP contribution in [0.2, 0.25) is 0 Å². The summed E-state index contributed by atoms with van der Waals surface area (Å²) in [6.07, 6.45) is 0. The largest absolute Gasteiger partial charge is 0.493 e. The number of amides is 1. The fourth-order valence-electron chi connectivity index (χ4n) is 1.63. The summed E-state index contributed by atoms with van der Waals surface area (Å²) in [4.78, 5) is 27.0. The number of carbonyl (C=O) groups is 1. The lowest BCUT2D eigenvalue weighted by atomic mass is 10.3. The monoisotopic (exact) mass is 309 g/mol. The molecular formula is C13H12FN3O3S. The summed E-state index contributed by atoms with van der Waals surface area (Å²) in [7, 11) is 0. The van der Waals surface area contributed by atoms with Gasteiger partial charge >= 0.3 is 0 Å². The molecule has 0 saturated heterocycles. The molecule has 0 aliphatic carbocycles. The van der Waals surface area contributed by atoms with Crippen molar-refractivity contribution in [2.45, 2.75) is 12.1 Å². The third-order valence-electron chi connectivity index (χ3n) is 2.68. The number of nitrogens with two attached hydrogens (primary N) is 1. The smallest absolute Gasteiger partial charge is 0.265 e. The van der Waals surface area contributed by atoms with Crippen LogP contribution in [0.5, 0.6) is 5.88 Å². The molecule has 1 aromatic heterocycles. The maximum atomic E-state index is 13.0. The van der Waals surface area contributed by atoms with Crippen molar-refractivity contribution in [1.29, 1.82) is 0 Å². The molecule has 1 amide bonds. The number of carbonyl (C=O) groups excluding carboxylic acids is 1. The standard InChI is InChI=1S/C13H12FN3O3S/c1-7-11(19)16-13(21-6-10(15)18)17(12(7)20)9-4-2-8(14)3-5-9/h2-5,19H,6H2,1H3,(H2,15,18). The molecule has 0 saturated carbocycles. The normalized spacial score (nSPS) is 10.6. The van der Waals surface area contributed by atoms with Gasteiger partial charge in [-0.3, -0.25) is 14.2 Å². The van der Waals surface area contributed by atoms with Gasteiger partial charge in [0.15, 0.2) is 5.16 Å². The van der Waals surface area contributed by atoms with Gasteiger partial charge in [0.2, 0.25) is 11.8 Å². The van der Waals surface area contributed by atoms with Crippen LogP contribution in [0.15, 0.2) is 34.2 Å². The molecule has 0 atom stereocenters. The summed E-state index contributed by atoms with van der Waals surface area (Å²) in [6, 6.07) is 5.21. The Morgan fingerprint density at radius 3 is 2.62 bits per heavy atom. The molecule has 0 spiro atoms. The van der Waals surface area contributed by atoms with Crippen LogP contribution >= 0.6 is 11.8 Å². The van der Waals surface area contributed by atoms with E-state index in [1.165, 1.54) is 35.8 Å². The van der Waals surface area contributed by atoms with Gasteiger partial charge in [0.05, 0.1) is 17.0 Å². The molecule has 1 heterocycles. The van der Waals surface area contributed by atoms with E-state index in [0.29, 0.717) is 5.69 Å². The number of hydrogen-bond acceptors (Lipinski definition) is 5. The lowest BCUT2D eigenvalue weighted by Crippen LogP contribution is -2.24. The first-order valence-electron chi connectivity index (χ1n) is 5.90. The number of primary amides is 1. The van der Waals surface area contributed by atoms with Crippen molar-refractivity contribution in [3.05, 3.63) is 46.0 Å². The predicted molar refractivity (Wildman–Crippen MR) is 76.1 cm³/mol. The minimum atomic E-state index is -0.583. The number of benzene rings is 1. The van der Waals surface area contributed by atoms with Crippen LogP contribution in [0.3, 0.4) is 0 Å². The number of aromatic hydroxyl groups is 1. The van der Waals surface area contributed by atoms with Gasteiger partial charge in [-0.05, 0) is 31.2 Å². The summed E-state index contributed by atoms with van der Waals surface area (Å²) in [6.45, 7) is 1.42. The molecule has 0 radical (unpaired) electrons. The maximum absolute atomic E-state index is 13.0. The Morgan fingerprint density at radius 2 is 2.05 bits per heavy atom. The number of halogens is 1. The molecule has 2 rings (SSSR count). The van der Waals surface area contributed by atoms with Gasteiger partial charge in [-0.1, -0.05) is 11.8 Å². The number of thioether (sulfide) groups is 1. The lowest BCUT2D eigenvalue weighted by Gasteiger charge is -2.12. The van der Waals surface area contributed by atoms with Crippen molar-refractivity contribution in [1.82, 2.24) is 9.55 Å². The molecule has 0 fully saturated rings. The summed E-state index contributed by atoms with van der Waals surface area (Å²) in [5, 5.41) is 9.75. The van der Waals surface area contributed by atoms with E-state index in [4.69, 9.17) is 5.73 Å². The maximum Gasteiger partial charge on any atom is 0.265 e. The minimum Gasteiger partial charge on any atom is -0.493 e. The second-order valence-corrected chi connectivity index (χ2v) is 5.16. The second kappa shape index (κ2) is 5.96. The van der Waals surface area contributed by atoms with Crippen molar-refractivity contribution in [3.63, 3.8) is 0 Å². The zero-order valence-corrected chi connectivity index (χ0v) is 11.9. The highest BCUT2D eigenvalue weighted by Crippen LogP contribution is 2.22. The molecule has 0 aliphatic heterocycles. The molecule has 0 bridgehead atoms. The minimum absolute atomic E-state index is 0.0581. The summed E-state index contributed by atoms with van der Waals surface area (Å²) >= 11 is 0.915. The molecule has 0 aliphatic rings. The lowest BCUT2D eigenvalue weighted by molar-refractivity contribution is -0.115. The van der Waals surface area contributed by atoms with E-state index >= 15 is 0 Å². The highest BCUT2D eigenvalue weighted by Gasteiger charge is 2.15. The first kappa shape index (κ1) is 15.0.